The van der Waals surface area contributed by atoms with Crippen LogP contribution < -0.4 is 4.90 Å². The SMILES string of the molecule is Cc1ccc(C)c(N2C(=O)[C@@H]3[C@@H](C2=O)[C@H]2C=C[C@H]3C2)c1. The summed E-state index contributed by atoms with van der Waals surface area (Å²) in [5, 5.41) is 0. The molecule has 0 unspecified atom stereocenters. The quantitative estimate of drug-likeness (QED) is 0.579. The van der Waals surface area contributed by atoms with Gasteiger partial charge in [-0.3, -0.25) is 9.59 Å². The first kappa shape index (κ1) is 11.9. The van der Waals surface area contributed by atoms with Gasteiger partial charge in [-0.15, -0.1) is 0 Å². The lowest BCUT2D eigenvalue weighted by Crippen LogP contribution is -2.33. The van der Waals surface area contributed by atoms with Crippen LogP contribution in [-0.2, 0) is 9.59 Å². The number of nitrogens with zero attached hydrogens (tertiary/aromatic N) is 1. The minimum Gasteiger partial charge on any atom is -0.274 e. The van der Waals surface area contributed by atoms with Crippen molar-refractivity contribution in [3.05, 3.63) is 41.5 Å². The van der Waals surface area contributed by atoms with Crippen molar-refractivity contribution >= 4 is 17.5 Å². The molecule has 20 heavy (non-hydrogen) atoms. The van der Waals surface area contributed by atoms with Gasteiger partial charge in [0.2, 0.25) is 11.8 Å². The van der Waals surface area contributed by atoms with Gasteiger partial charge in [-0.1, -0.05) is 24.3 Å². The first-order valence-corrected chi connectivity index (χ1v) is 7.21. The molecule has 1 saturated heterocycles. The number of carbonyl (C=O) groups is 2. The van der Waals surface area contributed by atoms with Gasteiger partial charge in [0.15, 0.2) is 0 Å². The maximum absolute atomic E-state index is 12.7. The molecule has 0 radical (unpaired) electrons. The first-order chi connectivity index (χ1) is 9.58. The summed E-state index contributed by atoms with van der Waals surface area (Å²) in [6.45, 7) is 3.94. The van der Waals surface area contributed by atoms with E-state index in [1.54, 1.807) is 0 Å². The molecule has 0 spiro atoms. The van der Waals surface area contributed by atoms with Crippen LogP contribution in [0.5, 0.6) is 0 Å². The van der Waals surface area contributed by atoms with E-state index in [1.807, 2.05) is 32.0 Å². The van der Waals surface area contributed by atoms with Crippen molar-refractivity contribution < 1.29 is 9.59 Å². The number of rotatable bonds is 1. The number of anilines is 1. The van der Waals surface area contributed by atoms with Crippen molar-refractivity contribution in [1.82, 2.24) is 0 Å². The van der Waals surface area contributed by atoms with Gasteiger partial charge >= 0.3 is 0 Å². The fraction of sp³-hybridized carbons (Fsp3) is 0.412. The fourth-order valence-corrected chi connectivity index (χ4v) is 4.10. The van der Waals surface area contributed by atoms with Gasteiger partial charge < -0.3 is 0 Å². The topological polar surface area (TPSA) is 37.4 Å². The van der Waals surface area contributed by atoms with E-state index < -0.39 is 0 Å². The van der Waals surface area contributed by atoms with Crippen molar-refractivity contribution in [3.8, 4) is 0 Å². The molecule has 3 aliphatic rings. The number of carbonyl (C=O) groups excluding carboxylic acids is 2. The second kappa shape index (κ2) is 3.81. The molecule has 0 N–H and O–H groups in total. The molecule has 2 bridgehead atoms. The number of hydrogen-bond donors (Lipinski definition) is 0. The zero-order valence-corrected chi connectivity index (χ0v) is 11.7. The summed E-state index contributed by atoms with van der Waals surface area (Å²) in [6.07, 6.45) is 5.24. The predicted octanol–water partition coefficient (Wildman–Crippen LogP) is 2.61. The number of amides is 2. The third kappa shape index (κ3) is 1.35. The van der Waals surface area contributed by atoms with Crippen molar-refractivity contribution in [1.29, 1.82) is 0 Å². The second-order valence-corrected chi connectivity index (χ2v) is 6.30. The van der Waals surface area contributed by atoms with Crippen LogP contribution in [0.25, 0.3) is 0 Å². The monoisotopic (exact) mass is 267 g/mol. The highest BCUT2D eigenvalue weighted by atomic mass is 16.2. The standard InChI is InChI=1S/C17H17NO2/c1-9-3-4-10(2)13(7-9)18-16(19)14-11-5-6-12(8-11)15(14)17(18)20/h3-7,11-12,14-15H,8H2,1-2H3/t11-,12-,14-,15-/m0/s1. The van der Waals surface area contributed by atoms with Gasteiger partial charge in [-0.2, -0.15) is 0 Å². The fourth-order valence-electron chi connectivity index (χ4n) is 4.10. The number of imide groups is 1. The van der Waals surface area contributed by atoms with E-state index in [0.29, 0.717) is 0 Å². The Morgan fingerprint density at radius 1 is 1.00 bits per heavy atom. The van der Waals surface area contributed by atoms with E-state index in [-0.39, 0.29) is 35.5 Å². The largest absolute Gasteiger partial charge is 0.274 e. The number of fused-ring (bicyclic) bond motifs is 5. The number of allylic oxidation sites excluding steroid dienone is 2. The summed E-state index contributed by atoms with van der Waals surface area (Å²) < 4.78 is 0. The molecule has 1 aromatic carbocycles. The van der Waals surface area contributed by atoms with Crippen LogP contribution in [0.1, 0.15) is 17.5 Å². The molecule has 2 fully saturated rings. The van der Waals surface area contributed by atoms with Crippen LogP contribution >= 0.6 is 0 Å². The molecule has 3 heteroatoms. The van der Waals surface area contributed by atoms with Gasteiger partial charge in [0.1, 0.15) is 0 Å². The highest BCUT2D eigenvalue weighted by molar-refractivity contribution is 6.23. The molecule has 1 aromatic rings. The maximum atomic E-state index is 12.7. The molecule has 1 heterocycles. The van der Waals surface area contributed by atoms with E-state index in [1.165, 1.54) is 4.90 Å². The van der Waals surface area contributed by atoms with Crippen LogP contribution in [0.15, 0.2) is 30.4 Å². The van der Waals surface area contributed by atoms with Gasteiger partial charge in [-0.25, -0.2) is 4.90 Å². The number of aryl methyl sites for hydroxylation is 2. The molecule has 4 atom stereocenters. The lowest BCUT2D eigenvalue weighted by atomic mass is 9.85. The molecule has 1 aliphatic heterocycles. The van der Waals surface area contributed by atoms with Gasteiger partial charge in [0.25, 0.3) is 0 Å². The molecule has 3 nitrogen and oxygen atoms in total. The Balaban J connectivity index is 1.80. The van der Waals surface area contributed by atoms with Crippen molar-refractivity contribution in [3.63, 3.8) is 0 Å². The van der Waals surface area contributed by atoms with Crippen molar-refractivity contribution in [2.45, 2.75) is 20.3 Å². The molecule has 2 aliphatic carbocycles. The van der Waals surface area contributed by atoms with E-state index in [4.69, 9.17) is 0 Å². The molecule has 0 aromatic heterocycles. The Morgan fingerprint density at radius 3 is 2.20 bits per heavy atom. The van der Waals surface area contributed by atoms with Gasteiger partial charge in [0, 0.05) is 0 Å². The number of hydrogen-bond acceptors (Lipinski definition) is 2. The highest BCUT2D eigenvalue weighted by Crippen LogP contribution is 2.53. The summed E-state index contributed by atoms with van der Waals surface area (Å²) in [4.78, 5) is 26.9. The van der Waals surface area contributed by atoms with Crippen LogP contribution in [0.2, 0.25) is 0 Å². The molecule has 2 amide bonds. The van der Waals surface area contributed by atoms with Crippen molar-refractivity contribution in [2.75, 3.05) is 4.90 Å². The van der Waals surface area contributed by atoms with Crippen LogP contribution in [0.3, 0.4) is 0 Å². The molecular formula is C17H17NO2. The lowest BCUT2D eigenvalue weighted by Gasteiger charge is -2.19. The number of benzene rings is 1. The summed E-state index contributed by atoms with van der Waals surface area (Å²) in [5.74, 6) is 0.332. The first-order valence-electron chi connectivity index (χ1n) is 7.21. The molecule has 1 saturated carbocycles. The van der Waals surface area contributed by atoms with E-state index in [2.05, 4.69) is 12.2 Å². The van der Waals surface area contributed by atoms with Crippen LogP contribution in [0.4, 0.5) is 5.69 Å². The summed E-state index contributed by atoms with van der Waals surface area (Å²) >= 11 is 0. The Morgan fingerprint density at radius 2 is 1.60 bits per heavy atom. The Bertz CT molecular complexity index is 631. The van der Waals surface area contributed by atoms with Crippen LogP contribution in [-0.4, -0.2) is 11.8 Å². The Labute approximate surface area is 118 Å². The minimum atomic E-state index is -0.114. The average molecular weight is 267 g/mol. The predicted molar refractivity (Wildman–Crippen MR) is 76.1 cm³/mol. The molecule has 4 rings (SSSR count). The highest BCUT2D eigenvalue weighted by Gasteiger charge is 2.59. The van der Waals surface area contributed by atoms with E-state index >= 15 is 0 Å². The third-order valence-corrected chi connectivity index (χ3v) is 5.08. The van der Waals surface area contributed by atoms with E-state index in [0.717, 1.165) is 23.2 Å². The normalized spacial score (nSPS) is 34.2. The smallest absolute Gasteiger partial charge is 0.238 e. The summed E-state index contributed by atoms with van der Waals surface area (Å²) in [5.41, 5.74) is 2.83. The lowest BCUT2D eigenvalue weighted by molar-refractivity contribution is -0.123. The Kier molecular flexibility index (Phi) is 2.27. The van der Waals surface area contributed by atoms with Gasteiger partial charge in [-0.05, 0) is 49.3 Å². The summed E-state index contributed by atoms with van der Waals surface area (Å²) in [7, 11) is 0. The minimum absolute atomic E-state index is 0.00514. The maximum Gasteiger partial charge on any atom is 0.238 e. The van der Waals surface area contributed by atoms with Crippen molar-refractivity contribution in [2.24, 2.45) is 23.7 Å². The second-order valence-electron chi connectivity index (χ2n) is 6.30. The summed E-state index contributed by atoms with van der Waals surface area (Å²) in [6, 6.07) is 5.93. The zero-order chi connectivity index (χ0) is 14.0. The zero-order valence-electron chi connectivity index (χ0n) is 11.7. The third-order valence-electron chi connectivity index (χ3n) is 5.08. The average Bonchev–Trinajstić information content (AvgIpc) is 3.08. The Hall–Kier alpha value is -1.90. The van der Waals surface area contributed by atoms with E-state index in [9.17, 15) is 9.59 Å². The molecular weight excluding hydrogens is 250 g/mol. The van der Waals surface area contributed by atoms with Gasteiger partial charge in [0.05, 0.1) is 17.5 Å². The van der Waals surface area contributed by atoms with Crippen LogP contribution in [0, 0.1) is 37.5 Å². The molecule has 102 valence electrons.